The Hall–Kier alpha value is -0.0831. The van der Waals surface area contributed by atoms with Crippen LogP contribution in [0.5, 0.6) is 0 Å². The van der Waals surface area contributed by atoms with Crippen molar-refractivity contribution in [2.75, 3.05) is 6.61 Å². The van der Waals surface area contributed by atoms with E-state index in [1.54, 1.807) is 0 Å². The molecule has 64 valence electrons. The van der Waals surface area contributed by atoms with Crippen LogP contribution < -0.4 is 0 Å². The zero-order chi connectivity index (χ0) is 8.36. The van der Waals surface area contributed by atoms with Crippen LogP contribution in [0.4, 0.5) is 0 Å². The fourth-order valence-electron chi connectivity index (χ4n) is 0.686. The molecule has 0 saturated heterocycles. The van der Waals surface area contributed by atoms with Crippen LogP contribution in [0.1, 0.15) is 33.1 Å². The van der Waals surface area contributed by atoms with Gasteiger partial charge in [0, 0.05) is 6.61 Å². The quantitative estimate of drug-likeness (QED) is 0.324. The summed E-state index contributed by atoms with van der Waals surface area (Å²) in [6.07, 6.45) is 7.85. The molecule has 0 aromatic carbocycles. The topological polar surface area (TPSA) is 9.23 Å². The van der Waals surface area contributed by atoms with E-state index in [2.05, 4.69) is 26.0 Å². The third-order valence-electron chi connectivity index (χ3n) is 1.31. The van der Waals surface area contributed by atoms with E-state index in [9.17, 15) is 0 Å². The molecule has 0 aromatic rings. The molecule has 0 fully saturated rings. The Bertz CT molecular complexity index is 91.6. The summed E-state index contributed by atoms with van der Waals surface area (Å²) in [5.74, 6) is 0. The summed E-state index contributed by atoms with van der Waals surface area (Å²) in [4.78, 5) is 0. The van der Waals surface area contributed by atoms with Crippen molar-refractivity contribution in [3.05, 3.63) is 12.2 Å². The molecule has 0 aliphatic carbocycles. The van der Waals surface area contributed by atoms with E-state index in [-0.39, 0.29) is 0 Å². The third-order valence-corrected chi connectivity index (χ3v) is 2.42. The molecule has 0 aromatic heterocycles. The smallest absolute Gasteiger partial charge is 0.229 e. The first kappa shape index (κ1) is 10.9. The van der Waals surface area contributed by atoms with Gasteiger partial charge in [-0.15, -0.1) is 0 Å². The Balaban J connectivity index is 2.79. The molecule has 0 aliphatic heterocycles. The fraction of sp³-hybridized carbons (Fsp3) is 0.778. The van der Waals surface area contributed by atoms with E-state index in [1.807, 2.05) is 0 Å². The minimum absolute atomic E-state index is 0.720. The zero-order valence-corrected chi connectivity index (χ0v) is 8.60. The van der Waals surface area contributed by atoms with E-state index in [4.69, 9.17) is 4.43 Å². The Labute approximate surface area is 72.8 Å². The first-order chi connectivity index (χ1) is 5.41. The lowest BCUT2D eigenvalue weighted by Gasteiger charge is -1.98. The Kier molecular flexibility index (Phi) is 9.84. The summed E-state index contributed by atoms with van der Waals surface area (Å²) in [5, 5.41) is 0. The summed E-state index contributed by atoms with van der Waals surface area (Å²) >= 11 is 0. The Morgan fingerprint density at radius 1 is 1.45 bits per heavy atom. The molecule has 0 unspecified atom stereocenters. The van der Waals surface area contributed by atoms with E-state index >= 15 is 0 Å². The molecule has 0 rings (SSSR count). The van der Waals surface area contributed by atoms with Gasteiger partial charge >= 0.3 is 0 Å². The highest BCUT2D eigenvalue weighted by Gasteiger charge is 1.88. The predicted molar refractivity (Wildman–Crippen MR) is 50.9 cm³/mol. The van der Waals surface area contributed by atoms with Crippen LogP contribution >= 0.6 is 0 Å². The first-order valence-corrected chi connectivity index (χ1v) is 5.49. The van der Waals surface area contributed by atoms with Crippen LogP contribution in [0, 0.1) is 0 Å². The van der Waals surface area contributed by atoms with Crippen molar-refractivity contribution in [1.82, 2.24) is 0 Å². The van der Waals surface area contributed by atoms with Crippen molar-refractivity contribution in [2.45, 2.75) is 39.2 Å². The summed E-state index contributed by atoms with van der Waals surface area (Å²) < 4.78 is 5.41. The van der Waals surface area contributed by atoms with Gasteiger partial charge in [0.15, 0.2) is 0 Å². The number of unbranched alkanes of at least 4 members (excludes halogenated alkanes) is 1. The number of allylic oxidation sites excluding steroid dienone is 2. The molecule has 0 amide bonds. The lowest BCUT2D eigenvalue weighted by atomic mass is 10.3. The van der Waals surface area contributed by atoms with Crippen LogP contribution in [-0.2, 0) is 4.43 Å². The molecule has 0 aliphatic rings. The highest BCUT2D eigenvalue weighted by Crippen LogP contribution is 1.93. The highest BCUT2D eigenvalue weighted by atomic mass is 28.2. The SMILES string of the molecule is CC=CCCCO[Si]CCC. The van der Waals surface area contributed by atoms with Crippen molar-refractivity contribution in [2.24, 2.45) is 0 Å². The molecule has 0 bridgehead atoms. The third kappa shape index (κ3) is 9.92. The van der Waals surface area contributed by atoms with Crippen LogP contribution in [-0.4, -0.2) is 16.4 Å². The highest BCUT2D eigenvalue weighted by molar-refractivity contribution is 6.26. The van der Waals surface area contributed by atoms with Gasteiger partial charge in [-0.05, 0) is 25.8 Å². The van der Waals surface area contributed by atoms with Gasteiger partial charge in [-0.1, -0.05) is 25.5 Å². The average molecular weight is 170 g/mol. The summed E-state index contributed by atoms with van der Waals surface area (Å²) in [5.41, 5.74) is 0. The molecule has 2 radical (unpaired) electrons. The normalized spacial score (nSPS) is 11.1. The molecule has 2 heteroatoms. The van der Waals surface area contributed by atoms with Crippen LogP contribution in [0.3, 0.4) is 0 Å². The summed E-state index contributed by atoms with van der Waals surface area (Å²) in [6, 6.07) is 1.23. The maximum absolute atomic E-state index is 5.41. The Morgan fingerprint density at radius 3 is 2.91 bits per heavy atom. The monoisotopic (exact) mass is 170 g/mol. The van der Waals surface area contributed by atoms with Crippen molar-refractivity contribution >= 4 is 9.76 Å². The summed E-state index contributed by atoms with van der Waals surface area (Å²) in [6.45, 7) is 5.18. The molecule has 0 spiro atoms. The van der Waals surface area contributed by atoms with Gasteiger partial charge in [-0.3, -0.25) is 0 Å². The molecular formula is C9H18OSi. The molecule has 11 heavy (non-hydrogen) atoms. The van der Waals surface area contributed by atoms with Gasteiger partial charge in [0.05, 0.1) is 0 Å². The van der Waals surface area contributed by atoms with Crippen molar-refractivity contribution in [1.29, 1.82) is 0 Å². The maximum Gasteiger partial charge on any atom is 0.229 e. The average Bonchev–Trinajstić information content (AvgIpc) is 2.03. The van der Waals surface area contributed by atoms with Crippen LogP contribution in [0.25, 0.3) is 0 Å². The van der Waals surface area contributed by atoms with Gasteiger partial charge in [0.25, 0.3) is 0 Å². The van der Waals surface area contributed by atoms with Crippen molar-refractivity contribution < 1.29 is 4.43 Å². The van der Waals surface area contributed by atoms with Crippen molar-refractivity contribution in [3.8, 4) is 0 Å². The largest absolute Gasteiger partial charge is 0.417 e. The number of rotatable bonds is 7. The Morgan fingerprint density at radius 2 is 2.27 bits per heavy atom. The van der Waals surface area contributed by atoms with Crippen LogP contribution in [0.2, 0.25) is 6.04 Å². The molecular weight excluding hydrogens is 152 g/mol. The van der Waals surface area contributed by atoms with Gasteiger partial charge in [-0.2, -0.15) is 0 Å². The molecule has 0 atom stereocenters. The molecule has 0 heterocycles. The number of hydrogen-bond acceptors (Lipinski definition) is 1. The van der Waals surface area contributed by atoms with E-state index in [0.717, 1.165) is 22.8 Å². The second-order valence-electron chi connectivity index (χ2n) is 2.45. The van der Waals surface area contributed by atoms with E-state index in [1.165, 1.54) is 18.9 Å². The molecule has 1 nitrogen and oxygen atoms in total. The number of hydrogen-bond donors (Lipinski definition) is 0. The molecule has 0 N–H and O–H groups in total. The second kappa shape index (κ2) is 9.92. The first-order valence-electron chi connectivity index (χ1n) is 4.37. The lowest BCUT2D eigenvalue weighted by Crippen LogP contribution is -1.98. The zero-order valence-electron chi connectivity index (χ0n) is 7.60. The van der Waals surface area contributed by atoms with Gasteiger partial charge in [-0.25, -0.2) is 0 Å². The molecule has 0 saturated carbocycles. The predicted octanol–water partition coefficient (Wildman–Crippen LogP) is 2.81. The fourth-order valence-corrected chi connectivity index (χ4v) is 1.32. The second-order valence-corrected chi connectivity index (χ2v) is 3.53. The van der Waals surface area contributed by atoms with Gasteiger partial charge < -0.3 is 4.43 Å². The van der Waals surface area contributed by atoms with Crippen LogP contribution in [0.15, 0.2) is 12.2 Å². The van der Waals surface area contributed by atoms with Gasteiger partial charge in [0.1, 0.15) is 0 Å². The van der Waals surface area contributed by atoms with E-state index < -0.39 is 0 Å². The summed E-state index contributed by atoms with van der Waals surface area (Å²) in [7, 11) is 0.720. The maximum atomic E-state index is 5.41. The van der Waals surface area contributed by atoms with Gasteiger partial charge in [0.2, 0.25) is 9.76 Å². The van der Waals surface area contributed by atoms with E-state index in [0.29, 0.717) is 0 Å². The minimum Gasteiger partial charge on any atom is -0.417 e. The van der Waals surface area contributed by atoms with Crippen molar-refractivity contribution in [3.63, 3.8) is 0 Å². The lowest BCUT2D eigenvalue weighted by molar-refractivity contribution is 0.328. The minimum atomic E-state index is 0.720. The standard InChI is InChI=1S/C9H18OSi/c1-3-5-6-7-8-10-11-9-4-2/h3,5H,4,6-9H2,1-2H3.